The van der Waals surface area contributed by atoms with Crippen molar-refractivity contribution in [2.75, 3.05) is 18.4 Å². The molecule has 9 heteroatoms. The van der Waals surface area contributed by atoms with E-state index in [4.69, 9.17) is 0 Å². The van der Waals surface area contributed by atoms with Crippen molar-refractivity contribution in [1.82, 2.24) is 15.1 Å². The molecule has 2 atom stereocenters. The summed E-state index contributed by atoms with van der Waals surface area (Å²) in [5.74, 6) is -2.64. The second-order valence-electron chi connectivity index (χ2n) is 5.71. The van der Waals surface area contributed by atoms with Crippen LogP contribution in [0.1, 0.15) is 11.5 Å². The molecule has 1 aromatic carbocycles. The summed E-state index contributed by atoms with van der Waals surface area (Å²) in [7, 11) is 1.85. The smallest absolute Gasteiger partial charge is 0.288 e. The van der Waals surface area contributed by atoms with Gasteiger partial charge in [-0.2, -0.15) is 13.9 Å². The maximum Gasteiger partial charge on any atom is 0.288 e. The van der Waals surface area contributed by atoms with Crippen LogP contribution in [0.3, 0.4) is 0 Å². The minimum Gasteiger partial charge on any atom is -0.326 e. The van der Waals surface area contributed by atoms with Crippen LogP contribution in [0, 0.1) is 5.92 Å². The first-order valence-corrected chi connectivity index (χ1v) is 8.46. The number of aromatic nitrogens is 2. The number of nitrogens with one attached hydrogen (secondary N) is 2. The number of carbonyl (C=O) groups excluding carboxylic acids is 1. The van der Waals surface area contributed by atoms with E-state index in [0.717, 1.165) is 12.1 Å². The first kappa shape index (κ1) is 19.7. The number of halogens is 3. The zero-order valence-electron chi connectivity index (χ0n) is 13.5. The average Bonchev–Trinajstić information content (AvgIpc) is 3.17. The van der Waals surface area contributed by atoms with Crippen molar-refractivity contribution < 1.29 is 13.6 Å². The number of hydrogen-bond donors (Lipinski definition) is 2. The number of rotatable bonds is 5. The number of carbonyl (C=O) groups is 1. The topological polar surface area (TPSA) is 59.0 Å². The second kappa shape index (κ2) is 8.64. The number of aryl methyl sites for hydroxylation is 1. The van der Waals surface area contributed by atoms with Crippen LogP contribution in [0.4, 0.5) is 14.5 Å². The highest BCUT2D eigenvalue weighted by molar-refractivity contribution is 7.99. The summed E-state index contributed by atoms with van der Waals surface area (Å²) < 4.78 is 26.4. The van der Waals surface area contributed by atoms with Crippen LogP contribution in [0.2, 0.25) is 0 Å². The van der Waals surface area contributed by atoms with E-state index < -0.39 is 5.76 Å². The van der Waals surface area contributed by atoms with Gasteiger partial charge in [-0.15, -0.1) is 12.4 Å². The Morgan fingerprint density at radius 2 is 2.08 bits per heavy atom. The fraction of sp³-hybridized carbons (Fsp3) is 0.375. The van der Waals surface area contributed by atoms with Gasteiger partial charge in [-0.3, -0.25) is 9.48 Å². The number of alkyl halides is 2. The quantitative estimate of drug-likeness (QED) is 0.773. The zero-order valence-corrected chi connectivity index (χ0v) is 15.1. The van der Waals surface area contributed by atoms with Gasteiger partial charge in [0.1, 0.15) is 0 Å². The lowest BCUT2D eigenvalue weighted by molar-refractivity contribution is -0.119. The molecule has 0 aliphatic carbocycles. The monoisotopic (exact) mass is 388 g/mol. The van der Waals surface area contributed by atoms with E-state index in [9.17, 15) is 13.6 Å². The summed E-state index contributed by atoms with van der Waals surface area (Å²) >= 11 is 0.486. The molecular weight excluding hydrogens is 370 g/mol. The largest absolute Gasteiger partial charge is 0.326 e. The third kappa shape index (κ3) is 4.93. The van der Waals surface area contributed by atoms with Gasteiger partial charge in [-0.05, 0) is 29.8 Å². The molecule has 1 fully saturated rings. The van der Waals surface area contributed by atoms with Gasteiger partial charge in [-0.25, -0.2) is 0 Å². The van der Waals surface area contributed by atoms with Crippen molar-refractivity contribution in [1.29, 1.82) is 0 Å². The summed E-state index contributed by atoms with van der Waals surface area (Å²) in [6.07, 6.45) is 3.71. The van der Waals surface area contributed by atoms with Gasteiger partial charge in [0, 0.05) is 42.8 Å². The molecule has 5 nitrogen and oxygen atoms in total. The van der Waals surface area contributed by atoms with E-state index in [1.54, 1.807) is 35.1 Å². The van der Waals surface area contributed by atoms with Crippen molar-refractivity contribution >= 4 is 35.8 Å². The predicted octanol–water partition coefficient (Wildman–Crippen LogP) is 3.10. The summed E-state index contributed by atoms with van der Waals surface area (Å²) in [5.41, 5.74) is 1.64. The van der Waals surface area contributed by atoms with Crippen LogP contribution in [0.15, 0.2) is 41.6 Å². The second-order valence-corrected chi connectivity index (χ2v) is 6.77. The molecule has 0 spiro atoms. The number of amides is 1. The van der Waals surface area contributed by atoms with Crippen LogP contribution in [-0.4, -0.2) is 34.5 Å². The Bertz CT molecular complexity index is 710. The minimum absolute atomic E-state index is 0. The van der Waals surface area contributed by atoms with E-state index in [1.165, 1.54) is 0 Å². The summed E-state index contributed by atoms with van der Waals surface area (Å²) in [6.45, 7) is 1.33. The Morgan fingerprint density at radius 1 is 1.36 bits per heavy atom. The van der Waals surface area contributed by atoms with Gasteiger partial charge in [0.25, 0.3) is 5.76 Å². The molecule has 25 heavy (non-hydrogen) atoms. The highest BCUT2D eigenvalue weighted by atomic mass is 35.5. The number of nitrogens with zero attached hydrogens (tertiary/aromatic N) is 2. The third-order valence-electron chi connectivity index (χ3n) is 4.05. The fourth-order valence-corrected chi connectivity index (χ4v) is 3.39. The Morgan fingerprint density at radius 3 is 2.68 bits per heavy atom. The molecule has 0 bridgehead atoms. The molecule has 1 aromatic heterocycles. The molecule has 1 aliphatic rings. The SMILES string of the molecule is Cl.Cn1cc([C@H]2CNC[C@@H]2C(=O)Nc2ccc(SC(F)F)cc2)cn1. The molecule has 2 N–H and O–H groups in total. The van der Waals surface area contributed by atoms with Crippen molar-refractivity contribution in [2.24, 2.45) is 13.0 Å². The van der Waals surface area contributed by atoms with Crippen LogP contribution in [0.25, 0.3) is 0 Å². The van der Waals surface area contributed by atoms with Gasteiger partial charge in [0.15, 0.2) is 0 Å². The minimum atomic E-state index is -2.45. The molecule has 0 radical (unpaired) electrons. The van der Waals surface area contributed by atoms with Crippen LogP contribution in [0.5, 0.6) is 0 Å². The molecule has 0 unspecified atom stereocenters. The first-order chi connectivity index (χ1) is 11.5. The predicted molar refractivity (Wildman–Crippen MR) is 96.5 cm³/mol. The van der Waals surface area contributed by atoms with E-state index in [-0.39, 0.29) is 30.2 Å². The molecule has 136 valence electrons. The van der Waals surface area contributed by atoms with E-state index in [1.807, 2.05) is 13.2 Å². The Balaban J connectivity index is 0.00000225. The number of thioether (sulfide) groups is 1. The van der Waals surface area contributed by atoms with Crippen molar-refractivity contribution in [2.45, 2.75) is 16.6 Å². The standard InChI is InChI=1S/C16H18F2N4OS.ClH/c1-22-9-10(6-20-22)13-7-19-8-14(13)15(23)21-11-2-4-12(5-3-11)24-16(17)18;/h2-6,9,13-14,16,19H,7-8H2,1H3,(H,21,23);1H/t13-,14+;/m1./s1. The molecule has 2 heterocycles. The van der Waals surface area contributed by atoms with Crippen LogP contribution in [-0.2, 0) is 11.8 Å². The van der Waals surface area contributed by atoms with Gasteiger partial charge >= 0.3 is 0 Å². The Hall–Kier alpha value is -1.64. The van der Waals surface area contributed by atoms with Gasteiger partial charge in [0.05, 0.1) is 12.1 Å². The van der Waals surface area contributed by atoms with Gasteiger partial charge < -0.3 is 10.6 Å². The van der Waals surface area contributed by atoms with Crippen LogP contribution >= 0.6 is 24.2 Å². The van der Waals surface area contributed by atoms with E-state index in [2.05, 4.69) is 15.7 Å². The van der Waals surface area contributed by atoms with Gasteiger partial charge in [-0.1, -0.05) is 11.8 Å². The lowest BCUT2D eigenvalue weighted by Crippen LogP contribution is -2.28. The normalized spacial score (nSPS) is 19.7. The summed E-state index contributed by atoms with van der Waals surface area (Å²) in [4.78, 5) is 13.0. The molecule has 1 aliphatic heterocycles. The third-order valence-corrected chi connectivity index (χ3v) is 4.77. The van der Waals surface area contributed by atoms with Crippen molar-refractivity contribution in [3.05, 3.63) is 42.2 Å². The lowest BCUT2D eigenvalue weighted by atomic mass is 9.90. The van der Waals surface area contributed by atoms with E-state index >= 15 is 0 Å². The number of anilines is 1. The van der Waals surface area contributed by atoms with Crippen LogP contribution < -0.4 is 10.6 Å². The lowest BCUT2D eigenvalue weighted by Gasteiger charge is -2.17. The number of benzene rings is 1. The van der Waals surface area contributed by atoms with Crippen molar-refractivity contribution in [3.63, 3.8) is 0 Å². The highest BCUT2D eigenvalue weighted by Gasteiger charge is 2.34. The molecule has 0 saturated carbocycles. The average molecular weight is 389 g/mol. The highest BCUT2D eigenvalue weighted by Crippen LogP contribution is 2.30. The maximum atomic E-state index is 12.6. The molecule has 1 saturated heterocycles. The Labute approximate surface area is 155 Å². The molecule has 3 rings (SSSR count). The summed E-state index contributed by atoms with van der Waals surface area (Å²) in [6, 6.07) is 6.45. The van der Waals surface area contributed by atoms with Crippen molar-refractivity contribution in [3.8, 4) is 0 Å². The maximum absolute atomic E-state index is 12.6. The first-order valence-electron chi connectivity index (χ1n) is 7.58. The molecular formula is C16H19ClF2N4OS. The molecule has 2 aromatic rings. The van der Waals surface area contributed by atoms with E-state index in [0.29, 0.717) is 28.9 Å². The van der Waals surface area contributed by atoms with Gasteiger partial charge in [0.2, 0.25) is 5.91 Å². The Kier molecular flexibility index (Phi) is 6.80. The fourth-order valence-electron chi connectivity index (χ4n) is 2.89. The summed E-state index contributed by atoms with van der Waals surface area (Å²) in [5, 5.41) is 10.3. The molecule has 1 amide bonds. The zero-order chi connectivity index (χ0) is 17.1. The number of hydrogen-bond acceptors (Lipinski definition) is 4.